The summed E-state index contributed by atoms with van der Waals surface area (Å²) < 4.78 is 0. The molecule has 5 heteroatoms. The smallest absolute Gasteiger partial charge is 0.225 e. The van der Waals surface area contributed by atoms with Crippen molar-refractivity contribution in [2.45, 2.75) is 39.2 Å². The van der Waals surface area contributed by atoms with Crippen molar-refractivity contribution in [1.82, 2.24) is 9.80 Å². The second-order valence-corrected chi connectivity index (χ2v) is 6.80. The van der Waals surface area contributed by atoms with E-state index in [4.69, 9.17) is 18.0 Å². The summed E-state index contributed by atoms with van der Waals surface area (Å²) in [4.78, 5) is 17.1. The summed E-state index contributed by atoms with van der Waals surface area (Å²) in [5.74, 6) is 1.17. The van der Waals surface area contributed by atoms with Crippen molar-refractivity contribution in [3.63, 3.8) is 0 Å². The summed E-state index contributed by atoms with van der Waals surface area (Å²) in [6, 6.07) is 0. The summed E-state index contributed by atoms with van der Waals surface area (Å²) >= 11 is 5.13. The van der Waals surface area contributed by atoms with Gasteiger partial charge in [0.15, 0.2) is 0 Å². The highest BCUT2D eigenvalue weighted by Gasteiger charge is 2.38. The first-order valence-corrected chi connectivity index (χ1v) is 7.58. The van der Waals surface area contributed by atoms with Gasteiger partial charge in [-0.05, 0) is 32.6 Å². The second-order valence-electron chi connectivity index (χ2n) is 6.36. The third kappa shape index (κ3) is 3.08. The Bertz CT molecular complexity index is 371. The van der Waals surface area contributed by atoms with E-state index in [9.17, 15) is 4.79 Å². The maximum atomic E-state index is 12.3. The van der Waals surface area contributed by atoms with Gasteiger partial charge in [-0.3, -0.25) is 9.69 Å². The number of nitrogens with two attached hydrogens (primary N) is 1. The molecule has 19 heavy (non-hydrogen) atoms. The Kier molecular flexibility index (Phi) is 4.16. The lowest BCUT2D eigenvalue weighted by molar-refractivity contribution is -0.137. The second kappa shape index (κ2) is 5.37. The lowest BCUT2D eigenvalue weighted by Crippen LogP contribution is -2.60. The fourth-order valence-corrected chi connectivity index (χ4v) is 2.86. The number of amides is 1. The summed E-state index contributed by atoms with van der Waals surface area (Å²) in [5.41, 5.74) is 5.54. The quantitative estimate of drug-likeness (QED) is 0.789. The monoisotopic (exact) mass is 283 g/mol. The van der Waals surface area contributed by atoms with E-state index in [-0.39, 0.29) is 11.5 Å². The number of carbonyl (C=O) groups is 1. The van der Waals surface area contributed by atoms with Gasteiger partial charge >= 0.3 is 0 Å². The number of hydrogen-bond acceptors (Lipinski definition) is 3. The molecule has 0 aromatic rings. The van der Waals surface area contributed by atoms with E-state index >= 15 is 0 Å². The molecule has 1 saturated heterocycles. The van der Waals surface area contributed by atoms with Crippen LogP contribution in [0.4, 0.5) is 0 Å². The SMILES string of the molecule is CC(C(=O)N1CCN(C(C)(C)C(N)=S)CC1)C1CC1. The van der Waals surface area contributed by atoms with Crippen LogP contribution < -0.4 is 5.73 Å². The first kappa shape index (κ1) is 14.7. The van der Waals surface area contributed by atoms with Crippen LogP contribution in [0.15, 0.2) is 0 Å². The fraction of sp³-hybridized carbons (Fsp3) is 0.857. The predicted octanol–water partition coefficient (Wildman–Crippen LogP) is 1.24. The zero-order valence-electron chi connectivity index (χ0n) is 12.2. The molecule has 0 aromatic carbocycles. The number of hydrogen-bond donors (Lipinski definition) is 1. The van der Waals surface area contributed by atoms with Gasteiger partial charge in [0.2, 0.25) is 5.91 Å². The number of carbonyl (C=O) groups excluding carboxylic acids is 1. The standard InChI is InChI=1S/C14H25N3OS/c1-10(11-4-5-11)12(18)16-6-8-17(9-7-16)14(2,3)13(15)19/h10-11H,4-9H2,1-3H3,(H2,15,19). The van der Waals surface area contributed by atoms with Crippen molar-refractivity contribution in [3.05, 3.63) is 0 Å². The Morgan fingerprint density at radius 1 is 1.26 bits per heavy atom. The van der Waals surface area contributed by atoms with Gasteiger partial charge in [0.05, 0.1) is 10.5 Å². The molecule has 2 rings (SSSR count). The molecule has 2 N–H and O–H groups in total. The van der Waals surface area contributed by atoms with Crippen LogP contribution in [-0.2, 0) is 4.79 Å². The molecular formula is C14H25N3OS. The van der Waals surface area contributed by atoms with Crippen LogP contribution in [0, 0.1) is 11.8 Å². The van der Waals surface area contributed by atoms with Gasteiger partial charge in [0.1, 0.15) is 0 Å². The van der Waals surface area contributed by atoms with Crippen molar-refractivity contribution in [2.75, 3.05) is 26.2 Å². The summed E-state index contributed by atoms with van der Waals surface area (Å²) in [6.07, 6.45) is 2.45. The molecule has 0 bridgehead atoms. The third-order valence-electron chi connectivity index (χ3n) is 4.70. The zero-order valence-corrected chi connectivity index (χ0v) is 13.0. The minimum absolute atomic E-state index is 0.204. The molecule has 4 nitrogen and oxygen atoms in total. The Morgan fingerprint density at radius 2 is 1.79 bits per heavy atom. The van der Waals surface area contributed by atoms with Crippen LogP contribution in [0.1, 0.15) is 33.6 Å². The Hall–Kier alpha value is -0.680. The summed E-state index contributed by atoms with van der Waals surface area (Å²) in [7, 11) is 0. The van der Waals surface area contributed by atoms with Gasteiger partial charge in [-0.2, -0.15) is 0 Å². The molecule has 1 heterocycles. The molecule has 1 saturated carbocycles. The Labute approximate surface area is 121 Å². The minimum atomic E-state index is -0.257. The van der Waals surface area contributed by atoms with Crippen molar-refractivity contribution in [2.24, 2.45) is 17.6 Å². The van der Waals surface area contributed by atoms with Gasteiger partial charge in [-0.25, -0.2) is 0 Å². The maximum Gasteiger partial charge on any atom is 0.225 e. The molecule has 108 valence electrons. The van der Waals surface area contributed by atoms with Gasteiger partial charge < -0.3 is 10.6 Å². The van der Waals surface area contributed by atoms with Gasteiger partial charge in [-0.1, -0.05) is 19.1 Å². The molecule has 0 radical (unpaired) electrons. The normalized spacial score (nSPS) is 23.2. The van der Waals surface area contributed by atoms with E-state index in [0.717, 1.165) is 26.2 Å². The summed E-state index contributed by atoms with van der Waals surface area (Å²) in [5, 5.41) is 0. The van der Waals surface area contributed by atoms with Crippen molar-refractivity contribution >= 4 is 23.1 Å². The maximum absolute atomic E-state index is 12.3. The molecule has 2 fully saturated rings. The lowest BCUT2D eigenvalue weighted by Gasteiger charge is -2.43. The number of nitrogens with zero attached hydrogens (tertiary/aromatic N) is 2. The fourth-order valence-electron chi connectivity index (χ4n) is 2.73. The highest BCUT2D eigenvalue weighted by atomic mass is 32.1. The lowest BCUT2D eigenvalue weighted by atomic mass is 10.0. The molecule has 1 atom stereocenters. The van der Waals surface area contributed by atoms with E-state index in [2.05, 4.69) is 25.7 Å². The van der Waals surface area contributed by atoms with E-state index < -0.39 is 0 Å². The van der Waals surface area contributed by atoms with E-state index in [1.54, 1.807) is 0 Å². The van der Waals surface area contributed by atoms with Crippen molar-refractivity contribution in [3.8, 4) is 0 Å². The van der Waals surface area contributed by atoms with E-state index in [0.29, 0.717) is 16.8 Å². The molecule has 1 aliphatic heterocycles. The molecular weight excluding hydrogens is 258 g/mol. The van der Waals surface area contributed by atoms with Gasteiger partial charge in [-0.15, -0.1) is 0 Å². The van der Waals surface area contributed by atoms with Crippen LogP contribution in [0.2, 0.25) is 0 Å². The molecule has 2 aliphatic rings. The first-order valence-electron chi connectivity index (χ1n) is 7.17. The average Bonchev–Trinajstić information content (AvgIpc) is 3.21. The third-order valence-corrected chi connectivity index (χ3v) is 5.20. The molecule has 0 aromatic heterocycles. The topological polar surface area (TPSA) is 49.6 Å². The van der Waals surface area contributed by atoms with Crippen LogP contribution in [0.5, 0.6) is 0 Å². The Morgan fingerprint density at radius 3 is 2.21 bits per heavy atom. The zero-order chi connectivity index (χ0) is 14.2. The van der Waals surface area contributed by atoms with Crippen LogP contribution in [-0.4, -0.2) is 52.4 Å². The highest BCUT2D eigenvalue weighted by molar-refractivity contribution is 7.80. The van der Waals surface area contributed by atoms with Crippen LogP contribution in [0.3, 0.4) is 0 Å². The van der Waals surface area contributed by atoms with Crippen molar-refractivity contribution < 1.29 is 4.79 Å². The van der Waals surface area contributed by atoms with Crippen molar-refractivity contribution in [1.29, 1.82) is 0 Å². The average molecular weight is 283 g/mol. The Balaban J connectivity index is 1.88. The molecule has 1 aliphatic carbocycles. The molecule has 1 amide bonds. The van der Waals surface area contributed by atoms with E-state index in [1.807, 2.05) is 4.90 Å². The first-order chi connectivity index (χ1) is 8.84. The highest BCUT2D eigenvalue weighted by Crippen LogP contribution is 2.37. The number of piperazine rings is 1. The molecule has 0 spiro atoms. The number of rotatable bonds is 4. The van der Waals surface area contributed by atoms with Crippen LogP contribution in [0.25, 0.3) is 0 Å². The minimum Gasteiger partial charge on any atom is -0.392 e. The number of thiocarbonyl (C=S) groups is 1. The summed E-state index contributed by atoms with van der Waals surface area (Å²) in [6.45, 7) is 9.48. The molecule has 1 unspecified atom stereocenters. The largest absolute Gasteiger partial charge is 0.392 e. The van der Waals surface area contributed by atoms with Gasteiger partial charge in [0.25, 0.3) is 0 Å². The van der Waals surface area contributed by atoms with Crippen LogP contribution >= 0.6 is 12.2 Å². The van der Waals surface area contributed by atoms with E-state index in [1.165, 1.54) is 12.8 Å². The predicted molar refractivity (Wildman–Crippen MR) is 80.9 cm³/mol. The van der Waals surface area contributed by atoms with Gasteiger partial charge in [0, 0.05) is 32.1 Å².